The van der Waals surface area contributed by atoms with Crippen molar-refractivity contribution in [3.05, 3.63) is 42.5 Å². The van der Waals surface area contributed by atoms with Crippen LogP contribution in [0, 0.1) is 5.92 Å². The molecule has 1 N–H and O–H groups in total. The average molecular weight is 463 g/mol. The number of carbonyl (C=O) groups is 1. The van der Waals surface area contributed by atoms with Gasteiger partial charge in [0.1, 0.15) is 5.60 Å². The quantitative estimate of drug-likeness (QED) is 0.558. The molecule has 2 aliphatic heterocycles. The van der Waals surface area contributed by atoms with E-state index >= 15 is 0 Å². The Morgan fingerprint density at radius 1 is 1.28 bits per heavy atom. The van der Waals surface area contributed by atoms with Crippen molar-refractivity contribution in [1.29, 1.82) is 0 Å². The number of alkyl carbamates (subject to hydrolysis) is 1. The number of ether oxygens (including phenoxy) is 1. The van der Waals surface area contributed by atoms with Gasteiger partial charge in [0.15, 0.2) is 9.84 Å². The molecule has 2 saturated heterocycles. The molecule has 1 saturated carbocycles. The molecule has 0 radical (unpaired) electrons. The van der Waals surface area contributed by atoms with Gasteiger partial charge in [-0.2, -0.15) is 0 Å². The first kappa shape index (κ1) is 24.8. The molecule has 1 aliphatic carbocycles. The van der Waals surface area contributed by atoms with Gasteiger partial charge in [-0.25, -0.2) is 13.2 Å². The standard InChI is InChI=1S/C25H38N2O4S/c1-6-16-27-18-19-12-14-25(27,15-13-19)22(26-23(28)31-24(3,4)5)20-8-10-21(11-9-20)32(29,30)17-7-2/h6,8-11,19,22H,1,7,12-18H2,2-5H3,(H,26,28). The fourth-order valence-corrected chi connectivity index (χ4v) is 6.58. The number of amides is 1. The molecule has 4 rings (SSSR count). The second kappa shape index (κ2) is 9.56. The van der Waals surface area contributed by atoms with Gasteiger partial charge in [-0.3, -0.25) is 4.90 Å². The van der Waals surface area contributed by atoms with Crippen LogP contribution in [0.2, 0.25) is 0 Å². The molecule has 7 heteroatoms. The fourth-order valence-electron chi connectivity index (χ4n) is 5.26. The molecule has 1 aromatic rings. The number of piperidine rings is 2. The fraction of sp³-hybridized carbons (Fsp3) is 0.640. The molecule has 2 heterocycles. The van der Waals surface area contributed by atoms with Crippen LogP contribution in [-0.4, -0.2) is 49.4 Å². The lowest BCUT2D eigenvalue weighted by Gasteiger charge is -2.58. The first-order chi connectivity index (χ1) is 15.0. The van der Waals surface area contributed by atoms with Crippen molar-refractivity contribution in [2.75, 3.05) is 18.8 Å². The smallest absolute Gasteiger partial charge is 0.408 e. The minimum absolute atomic E-state index is 0.129. The van der Waals surface area contributed by atoms with Crippen molar-refractivity contribution in [1.82, 2.24) is 10.2 Å². The number of nitrogens with one attached hydrogen (secondary N) is 1. The first-order valence-electron chi connectivity index (χ1n) is 11.7. The summed E-state index contributed by atoms with van der Waals surface area (Å²) in [5, 5.41) is 3.16. The van der Waals surface area contributed by atoms with E-state index in [1.807, 2.05) is 45.9 Å². The van der Waals surface area contributed by atoms with Gasteiger partial charge in [0.25, 0.3) is 0 Å². The van der Waals surface area contributed by atoms with E-state index in [-0.39, 0.29) is 17.3 Å². The van der Waals surface area contributed by atoms with Gasteiger partial charge >= 0.3 is 6.09 Å². The lowest BCUT2D eigenvalue weighted by molar-refractivity contribution is -0.0537. The SMILES string of the molecule is C=CCN1CC2CCC1(C(NC(=O)OC(C)(C)C)c1ccc(S(=O)(=O)CCC)cc1)CC2. The second-order valence-corrected chi connectivity index (χ2v) is 12.3. The Labute approximate surface area is 193 Å². The van der Waals surface area contributed by atoms with Crippen LogP contribution in [0.15, 0.2) is 41.8 Å². The summed E-state index contributed by atoms with van der Waals surface area (Å²) < 4.78 is 30.6. The van der Waals surface area contributed by atoms with Gasteiger partial charge in [-0.15, -0.1) is 6.58 Å². The second-order valence-electron chi connectivity index (χ2n) is 10.2. The number of hydrogen-bond acceptors (Lipinski definition) is 5. The van der Waals surface area contributed by atoms with E-state index in [2.05, 4.69) is 16.8 Å². The van der Waals surface area contributed by atoms with Crippen molar-refractivity contribution in [2.45, 2.75) is 81.9 Å². The zero-order chi connectivity index (χ0) is 23.6. The summed E-state index contributed by atoms with van der Waals surface area (Å²) in [6, 6.07) is 6.75. The molecule has 178 valence electrons. The van der Waals surface area contributed by atoms with Gasteiger partial charge in [0.05, 0.1) is 16.7 Å². The van der Waals surface area contributed by atoms with E-state index in [9.17, 15) is 13.2 Å². The van der Waals surface area contributed by atoms with Gasteiger partial charge in [0.2, 0.25) is 0 Å². The Morgan fingerprint density at radius 3 is 2.44 bits per heavy atom. The lowest BCUT2D eigenvalue weighted by atomic mass is 9.65. The van der Waals surface area contributed by atoms with Crippen LogP contribution in [0.4, 0.5) is 4.79 Å². The molecule has 1 aromatic carbocycles. The minimum atomic E-state index is -3.29. The summed E-state index contributed by atoms with van der Waals surface area (Å²) in [7, 11) is -3.29. The van der Waals surface area contributed by atoms with E-state index in [1.54, 1.807) is 12.1 Å². The summed E-state index contributed by atoms with van der Waals surface area (Å²) in [4.78, 5) is 15.6. The Bertz CT molecular complexity index is 910. The van der Waals surface area contributed by atoms with Crippen molar-refractivity contribution >= 4 is 15.9 Å². The maximum absolute atomic E-state index is 12.9. The topological polar surface area (TPSA) is 75.7 Å². The molecule has 1 atom stereocenters. The molecule has 6 nitrogen and oxygen atoms in total. The highest BCUT2D eigenvalue weighted by Gasteiger charge is 2.51. The number of rotatable bonds is 8. The van der Waals surface area contributed by atoms with Crippen LogP contribution < -0.4 is 5.32 Å². The highest BCUT2D eigenvalue weighted by atomic mass is 32.2. The van der Waals surface area contributed by atoms with Gasteiger partial charge < -0.3 is 10.1 Å². The Kier molecular flexibility index (Phi) is 7.40. The first-order valence-corrected chi connectivity index (χ1v) is 13.3. The van der Waals surface area contributed by atoms with Gasteiger partial charge in [-0.05, 0) is 76.5 Å². The van der Waals surface area contributed by atoms with Gasteiger partial charge in [0, 0.05) is 18.6 Å². The number of fused-ring (bicyclic) bond motifs is 3. The summed E-state index contributed by atoms with van der Waals surface area (Å²) in [6.07, 6.45) is 6.25. The average Bonchev–Trinajstić information content (AvgIpc) is 2.72. The number of hydrogen-bond donors (Lipinski definition) is 1. The molecule has 0 aromatic heterocycles. The van der Waals surface area contributed by atoms with Crippen LogP contribution in [-0.2, 0) is 14.6 Å². The number of nitrogens with zero attached hydrogens (tertiary/aromatic N) is 1. The van der Waals surface area contributed by atoms with Crippen molar-refractivity contribution < 1.29 is 17.9 Å². The number of carbonyl (C=O) groups excluding carboxylic acids is 1. The molecule has 2 bridgehead atoms. The predicted octanol–water partition coefficient (Wildman–Crippen LogP) is 4.87. The highest BCUT2D eigenvalue weighted by molar-refractivity contribution is 7.91. The van der Waals surface area contributed by atoms with Crippen LogP contribution in [0.25, 0.3) is 0 Å². The molecule has 3 aliphatic rings. The molecular weight excluding hydrogens is 424 g/mol. The van der Waals surface area contributed by atoms with E-state index in [4.69, 9.17) is 4.74 Å². The highest BCUT2D eigenvalue weighted by Crippen LogP contribution is 2.49. The number of sulfone groups is 1. The van der Waals surface area contributed by atoms with Crippen molar-refractivity contribution in [3.8, 4) is 0 Å². The van der Waals surface area contributed by atoms with E-state index < -0.39 is 21.5 Å². The van der Waals surface area contributed by atoms with Crippen molar-refractivity contribution in [3.63, 3.8) is 0 Å². The third-order valence-electron chi connectivity index (χ3n) is 6.67. The van der Waals surface area contributed by atoms with E-state index in [0.29, 0.717) is 17.2 Å². The molecule has 0 spiro atoms. The molecule has 3 fully saturated rings. The Hall–Kier alpha value is -1.86. The van der Waals surface area contributed by atoms with Crippen LogP contribution >= 0.6 is 0 Å². The lowest BCUT2D eigenvalue weighted by Crippen LogP contribution is -2.64. The maximum atomic E-state index is 12.9. The third kappa shape index (κ3) is 5.37. The predicted molar refractivity (Wildman–Crippen MR) is 127 cm³/mol. The van der Waals surface area contributed by atoms with E-state index in [0.717, 1.165) is 44.3 Å². The number of benzene rings is 1. The third-order valence-corrected chi connectivity index (χ3v) is 8.61. The zero-order valence-electron chi connectivity index (χ0n) is 19.9. The monoisotopic (exact) mass is 462 g/mol. The normalized spacial score (nSPS) is 24.7. The zero-order valence-corrected chi connectivity index (χ0v) is 20.7. The molecule has 1 unspecified atom stereocenters. The molecule has 1 amide bonds. The van der Waals surface area contributed by atoms with Crippen LogP contribution in [0.5, 0.6) is 0 Å². The summed E-state index contributed by atoms with van der Waals surface area (Å²) >= 11 is 0. The summed E-state index contributed by atoms with van der Waals surface area (Å²) in [5.41, 5.74) is 0.0553. The summed E-state index contributed by atoms with van der Waals surface area (Å²) in [6.45, 7) is 13.1. The minimum Gasteiger partial charge on any atom is -0.444 e. The Balaban J connectivity index is 1.99. The van der Waals surface area contributed by atoms with E-state index in [1.165, 1.54) is 0 Å². The Morgan fingerprint density at radius 2 is 1.91 bits per heavy atom. The van der Waals surface area contributed by atoms with Crippen LogP contribution in [0.3, 0.4) is 0 Å². The van der Waals surface area contributed by atoms with Crippen molar-refractivity contribution in [2.24, 2.45) is 5.92 Å². The maximum Gasteiger partial charge on any atom is 0.408 e. The summed E-state index contributed by atoms with van der Waals surface area (Å²) in [5.74, 6) is 0.810. The van der Waals surface area contributed by atoms with Crippen LogP contribution in [0.1, 0.15) is 71.4 Å². The van der Waals surface area contributed by atoms with Gasteiger partial charge in [-0.1, -0.05) is 25.1 Å². The molecule has 32 heavy (non-hydrogen) atoms. The largest absolute Gasteiger partial charge is 0.444 e. The molecular formula is C25H38N2O4S.